The number of aryl methyl sites for hydroxylation is 1. The van der Waals surface area contributed by atoms with Gasteiger partial charge in [0.25, 0.3) is 0 Å². The van der Waals surface area contributed by atoms with Crippen LogP contribution in [0.15, 0.2) is 52.9 Å². The average Bonchev–Trinajstić information content (AvgIpc) is 2.96. The number of benzene rings is 1. The van der Waals surface area contributed by atoms with Gasteiger partial charge in [0.15, 0.2) is 0 Å². The first-order chi connectivity index (χ1) is 11.1. The molecule has 0 saturated carbocycles. The third kappa shape index (κ3) is 3.35. The van der Waals surface area contributed by atoms with Gasteiger partial charge in [-0.05, 0) is 42.8 Å². The lowest BCUT2D eigenvalue weighted by molar-refractivity contribution is 0.0661. The molecule has 23 heavy (non-hydrogen) atoms. The van der Waals surface area contributed by atoms with Crippen LogP contribution in [0.5, 0.6) is 5.75 Å². The summed E-state index contributed by atoms with van der Waals surface area (Å²) in [7, 11) is 0. The maximum Gasteiger partial charge on any atom is 0.371 e. The first-order valence-electron chi connectivity index (χ1n) is 7.08. The maximum atomic E-state index is 10.9. The minimum atomic E-state index is -1.08. The van der Waals surface area contributed by atoms with Crippen LogP contribution in [0.3, 0.4) is 0 Å². The molecule has 0 aliphatic carbocycles. The van der Waals surface area contributed by atoms with E-state index in [-0.39, 0.29) is 12.4 Å². The highest BCUT2D eigenvalue weighted by Gasteiger charge is 2.13. The molecule has 0 amide bonds. The number of carboxylic acid groups (broad SMARTS) is 1. The van der Waals surface area contributed by atoms with Gasteiger partial charge in [-0.15, -0.1) is 0 Å². The zero-order chi connectivity index (χ0) is 16.2. The molecule has 0 unspecified atom stereocenters. The van der Waals surface area contributed by atoms with Crippen molar-refractivity contribution in [3.8, 4) is 16.9 Å². The molecule has 4 heteroatoms. The molecule has 0 atom stereocenters. The third-order valence-corrected chi connectivity index (χ3v) is 3.44. The molecule has 0 radical (unpaired) electrons. The lowest BCUT2D eigenvalue weighted by Gasteiger charge is -2.06. The molecule has 0 bridgehead atoms. The maximum absolute atomic E-state index is 10.9. The van der Waals surface area contributed by atoms with Crippen molar-refractivity contribution >= 4 is 5.97 Å². The van der Waals surface area contributed by atoms with Crippen LogP contribution in [0.4, 0.5) is 0 Å². The van der Waals surface area contributed by atoms with Crippen molar-refractivity contribution in [1.82, 2.24) is 0 Å². The largest absolute Gasteiger partial charge is 0.489 e. The van der Waals surface area contributed by atoms with Crippen molar-refractivity contribution in [1.29, 1.82) is 0 Å². The number of hydrogen-bond donors (Lipinski definition) is 1. The van der Waals surface area contributed by atoms with Crippen molar-refractivity contribution in [3.05, 3.63) is 77.7 Å². The van der Waals surface area contributed by atoms with E-state index in [1.54, 1.807) is 13.0 Å². The SMILES string of the molecule is Cc1oc(C(=O)O)cc1COc1ccc(-c2c#cccc2)cc1. The fourth-order valence-corrected chi connectivity index (χ4v) is 2.18. The van der Waals surface area contributed by atoms with Gasteiger partial charge in [-0.1, -0.05) is 30.3 Å². The van der Waals surface area contributed by atoms with Gasteiger partial charge in [-0.25, -0.2) is 4.79 Å². The Hall–Kier alpha value is -3.19. The normalized spacial score (nSPS) is 10.1. The third-order valence-electron chi connectivity index (χ3n) is 3.44. The lowest BCUT2D eigenvalue weighted by atomic mass is 10.1. The predicted octanol–water partition coefficient (Wildman–Crippen LogP) is 4.13. The van der Waals surface area contributed by atoms with Crippen LogP contribution in [-0.2, 0) is 6.61 Å². The second-order valence-electron chi connectivity index (χ2n) is 5.02. The molecule has 0 aliphatic rings. The molecule has 1 aromatic heterocycles. The fraction of sp³-hybridized carbons (Fsp3) is 0.105. The van der Waals surface area contributed by atoms with E-state index >= 15 is 0 Å². The van der Waals surface area contributed by atoms with Crippen LogP contribution in [0.2, 0.25) is 0 Å². The Labute approximate surface area is 134 Å². The van der Waals surface area contributed by atoms with Crippen LogP contribution in [0, 0.1) is 19.1 Å². The van der Waals surface area contributed by atoms with Gasteiger partial charge < -0.3 is 14.3 Å². The first kappa shape index (κ1) is 14.7. The minimum absolute atomic E-state index is 0.0766. The smallest absolute Gasteiger partial charge is 0.371 e. The summed E-state index contributed by atoms with van der Waals surface area (Å²) in [5.41, 5.74) is 2.72. The van der Waals surface area contributed by atoms with Crippen molar-refractivity contribution < 1.29 is 19.1 Å². The summed E-state index contributed by atoms with van der Waals surface area (Å²) in [5.74, 6) is 0.0894. The highest BCUT2D eigenvalue weighted by Crippen LogP contribution is 2.22. The molecule has 3 aromatic rings. The number of carbonyl (C=O) groups is 1. The minimum Gasteiger partial charge on any atom is -0.489 e. The monoisotopic (exact) mass is 306 g/mol. The van der Waals surface area contributed by atoms with E-state index in [1.165, 1.54) is 6.07 Å². The van der Waals surface area contributed by atoms with Gasteiger partial charge >= 0.3 is 5.97 Å². The second kappa shape index (κ2) is 6.29. The van der Waals surface area contributed by atoms with Crippen LogP contribution >= 0.6 is 0 Å². The van der Waals surface area contributed by atoms with Gasteiger partial charge in [0.1, 0.15) is 18.1 Å². The van der Waals surface area contributed by atoms with Crippen molar-refractivity contribution in [2.75, 3.05) is 0 Å². The summed E-state index contributed by atoms with van der Waals surface area (Å²) in [6.07, 6.45) is 0. The number of rotatable bonds is 5. The molecule has 0 spiro atoms. The number of furan rings is 1. The summed E-state index contributed by atoms with van der Waals surface area (Å²) in [5, 5.41) is 8.91. The Kier molecular flexibility index (Phi) is 4.03. The molecule has 3 rings (SSSR count). The lowest BCUT2D eigenvalue weighted by Crippen LogP contribution is -1.96. The Morgan fingerprint density at radius 3 is 2.65 bits per heavy atom. The van der Waals surface area contributed by atoms with E-state index in [4.69, 9.17) is 14.3 Å². The first-order valence-corrected chi connectivity index (χ1v) is 7.08. The fourth-order valence-electron chi connectivity index (χ4n) is 2.18. The summed E-state index contributed by atoms with van der Waals surface area (Å²) in [4.78, 5) is 10.9. The Bertz CT molecular complexity index is 801. The number of hydrogen-bond acceptors (Lipinski definition) is 3. The molecule has 114 valence electrons. The zero-order valence-corrected chi connectivity index (χ0v) is 12.5. The number of carboxylic acids is 1. The molecule has 2 aromatic carbocycles. The molecule has 0 aliphatic heterocycles. The van der Waals surface area contributed by atoms with E-state index < -0.39 is 5.97 Å². The summed E-state index contributed by atoms with van der Waals surface area (Å²) in [6.45, 7) is 1.98. The van der Waals surface area contributed by atoms with E-state index in [0.717, 1.165) is 16.7 Å². The van der Waals surface area contributed by atoms with Crippen LogP contribution in [-0.4, -0.2) is 11.1 Å². The molecule has 0 saturated heterocycles. The van der Waals surface area contributed by atoms with Gasteiger partial charge in [0.2, 0.25) is 5.76 Å². The molecular formula is C19H14O4. The Balaban J connectivity index is 1.68. The van der Waals surface area contributed by atoms with Gasteiger partial charge in [-0.2, -0.15) is 0 Å². The quantitative estimate of drug-likeness (QED) is 0.770. The number of aromatic carboxylic acids is 1. The molecule has 4 nitrogen and oxygen atoms in total. The van der Waals surface area contributed by atoms with E-state index in [1.807, 2.05) is 36.4 Å². The standard InChI is InChI=1S/C19H14O4/c1-13-16(11-18(23-13)19(20)21)12-22-17-9-7-15(8-10-17)14-5-3-2-4-6-14/h2-3,5,7-11H,12H2,1H3,(H,20,21). The second-order valence-corrected chi connectivity index (χ2v) is 5.02. The number of ether oxygens (including phenoxy) is 1. The van der Waals surface area contributed by atoms with Crippen LogP contribution < -0.4 is 4.74 Å². The highest BCUT2D eigenvalue weighted by atomic mass is 16.5. The topological polar surface area (TPSA) is 59.7 Å². The average molecular weight is 306 g/mol. The highest BCUT2D eigenvalue weighted by molar-refractivity contribution is 5.84. The molecule has 1 N–H and O–H groups in total. The van der Waals surface area contributed by atoms with Crippen molar-refractivity contribution in [3.63, 3.8) is 0 Å². The summed E-state index contributed by atoms with van der Waals surface area (Å²) < 4.78 is 10.8. The molecule has 1 heterocycles. The van der Waals surface area contributed by atoms with E-state index in [9.17, 15) is 4.79 Å². The van der Waals surface area contributed by atoms with Gasteiger partial charge in [-0.3, -0.25) is 0 Å². The van der Waals surface area contributed by atoms with E-state index in [0.29, 0.717) is 11.5 Å². The summed E-state index contributed by atoms with van der Waals surface area (Å²) >= 11 is 0. The molecular weight excluding hydrogens is 292 g/mol. The van der Waals surface area contributed by atoms with Gasteiger partial charge in [0.05, 0.1) is 0 Å². The Morgan fingerprint density at radius 2 is 2.04 bits per heavy atom. The van der Waals surface area contributed by atoms with Crippen molar-refractivity contribution in [2.24, 2.45) is 0 Å². The van der Waals surface area contributed by atoms with Gasteiger partial charge in [0, 0.05) is 11.1 Å². The summed E-state index contributed by atoms with van der Waals surface area (Å²) in [6, 6.07) is 20.8. The molecule has 0 fully saturated rings. The van der Waals surface area contributed by atoms with Crippen LogP contribution in [0.1, 0.15) is 21.9 Å². The predicted molar refractivity (Wildman–Crippen MR) is 84.3 cm³/mol. The van der Waals surface area contributed by atoms with Crippen molar-refractivity contribution in [2.45, 2.75) is 13.5 Å². The van der Waals surface area contributed by atoms with Crippen LogP contribution in [0.25, 0.3) is 11.1 Å². The zero-order valence-electron chi connectivity index (χ0n) is 12.5. The van der Waals surface area contributed by atoms with E-state index in [2.05, 4.69) is 12.1 Å². The Morgan fingerprint density at radius 1 is 1.26 bits per heavy atom.